The lowest BCUT2D eigenvalue weighted by Gasteiger charge is -2.29. The summed E-state index contributed by atoms with van der Waals surface area (Å²) >= 11 is 0. The molecule has 2 N–H and O–H groups in total. The lowest BCUT2D eigenvalue weighted by atomic mass is 10.1. The van der Waals surface area contributed by atoms with Crippen molar-refractivity contribution in [2.45, 2.75) is 12.8 Å². The van der Waals surface area contributed by atoms with E-state index in [1.54, 1.807) is 18.2 Å². The molecule has 2 rings (SSSR count). The minimum atomic E-state index is -0.193. The van der Waals surface area contributed by atoms with Gasteiger partial charge in [-0.2, -0.15) is 0 Å². The number of carbonyl (C=O) groups excluding carboxylic acids is 2. The van der Waals surface area contributed by atoms with Crippen LogP contribution in [-0.2, 0) is 9.59 Å². The monoisotopic (exact) mass is 234 g/mol. The maximum Gasteiger partial charge on any atom is 0.244 e. The van der Waals surface area contributed by atoms with E-state index in [4.69, 9.17) is 5.11 Å². The first-order valence-corrected chi connectivity index (χ1v) is 5.52. The quantitative estimate of drug-likeness (QED) is 0.810. The van der Waals surface area contributed by atoms with Gasteiger partial charge in [-0.25, -0.2) is 0 Å². The molecule has 0 unspecified atom stereocenters. The van der Waals surface area contributed by atoms with Crippen molar-refractivity contribution >= 4 is 23.2 Å². The highest BCUT2D eigenvalue weighted by molar-refractivity contribution is 6.09. The molecule has 0 aliphatic carbocycles. The van der Waals surface area contributed by atoms with Crippen LogP contribution in [-0.4, -0.2) is 30.1 Å². The van der Waals surface area contributed by atoms with Crippen molar-refractivity contribution in [2.75, 3.05) is 23.4 Å². The average Bonchev–Trinajstić information content (AvgIpc) is 2.34. The van der Waals surface area contributed by atoms with E-state index in [1.165, 1.54) is 4.90 Å². The Morgan fingerprint density at radius 2 is 2.18 bits per heavy atom. The molecule has 1 heterocycles. The number of fused-ring (bicyclic) bond motifs is 1. The molecule has 0 spiro atoms. The van der Waals surface area contributed by atoms with E-state index in [9.17, 15) is 9.59 Å². The average molecular weight is 234 g/mol. The van der Waals surface area contributed by atoms with Crippen LogP contribution in [0, 0.1) is 0 Å². The van der Waals surface area contributed by atoms with Crippen LogP contribution >= 0.6 is 0 Å². The molecule has 1 aliphatic rings. The third-order valence-corrected chi connectivity index (χ3v) is 2.62. The number of hydrogen-bond acceptors (Lipinski definition) is 3. The molecule has 1 aromatic rings. The second-order valence-electron chi connectivity index (χ2n) is 3.87. The zero-order chi connectivity index (χ0) is 12.3. The first kappa shape index (κ1) is 11.6. The summed E-state index contributed by atoms with van der Waals surface area (Å²) in [6.45, 7) is 0.0225. The first-order chi connectivity index (χ1) is 8.22. The van der Waals surface area contributed by atoms with Gasteiger partial charge in [0.05, 0.1) is 11.4 Å². The van der Waals surface area contributed by atoms with Crippen molar-refractivity contribution in [3.63, 3.8) is 0 Å². The molecule has 0 radical (unpaired) electrons. The van der Waals surface area contributed by atoms with Gasteiger partial charge in [0.15, 0.2) is 0 Å². The predicted octanol–water partition coefficient (Wildman–Crippen LogP) is 0.744. The van der Waals surface area contributed by atoms with Crippen LogP contribution in [0.25, 0.3) is 0 Å². The SMILES string of the molecule is O=C1CN(C(=O)CCCO)c2ccccc2N1. The molecule has 1 aliphatic heterocycles. The van der Waals surface area contributed by atoms with E-state index < -0.39 is 0 Å². The highest BCUT2D eigenvalue weighted by atomic mass is 16.3. The van der Waals surface area contributed by atoms with E-state index in [0.29, 0.717) is 12.1 Å². The molecule has 0 saturated heterocycles. The Balaban J connectivity index is 2.23. The fourth-order valence-electron chi connectivity index (χ4n) is 1.82. The molecular weight excluding hydrogens is 220 g/mol. The number of carbonyl (C=O) groups is 2. The molecule has 1 aromatic carbocycles. The number of benzene rings is 1. The van der Waals surface area contributed by atoms with Crippen LogP contribution in [0.3, 0.4) is 0 Å². The minimum absolute atomic E-state index is 0.0204. The number of rotatable bonds is 3. The predicted molar refractivity (Wildman–Crippen MR) is 63.7 cm³/mol. The van der Waals surface area contributed by atoms with Gasteiger partial charge in [0.2, 0.25) is 11.8 Å². The molecule has 5 heteroatoms. The molecule has 0 bridgehead atoms. The Labute approximate surface area is 99.0 Å². The Kier molecular flexibility index (Phi) is 3.39. The summed E-state index contributed by atoms with van der Waals surface area (Å²) in [5.41, 5.74) is 1.37. The van der Waals surface area contributed by atoms with Crippen molar-refractivity contribution < 1.29 is 14.7 Å². The van der Waals surface area contributed by atoms with E-state index in [1.807, 2.05) is 6.07 Å². The number of aliphatic hydroxyl groups excluding tert-OH is 1. The summed E-state index contributed by atoms with van der Waals surface area (Å²) in [6, 6.07) is 7.19. The summed E-state index contributed by atoms with van der Waals surface area (Å²) < 4.78 is 0. The van der Waals surface area contributed by atoms with E-state index in [-0.39, 0.29) is 31.4 Å². The Morgan fingerprint density at radius 3 is 2.94 bits per heavy atom. The number of hydrogen-bond donors (Lipinski definition) is 2. The van der Waals surface area contributed by atoms with Crippen LogP contribution in [0.15, 0.2) is 24.3 Å². The summed E-state index contributed by atoms with van der Waals surface area (Å²) in [5, 5.41) is 11.4. The molecule has 0 atom stereocenters. The van der Waals surface area contributed by atoms with E-state index >= 15 is 0 Å². The van der Waals surface area contributed by atoms with E-state index in [2.05, 4.69) is 5.32 Å². The number of para-hydroxylation sites is 2. The molecule has 5 nitrogen and oxygen atoms in total. The molecular formula is C12H14N2O3. The zero-order valence-electron chi connectivity index (χ0n) is 9.35. The third-order valence-electron chi connectivity index (χ3n) is 2.62. The lowest BCUT2D eigenvalue weighted by molar-refractivity contribution is -0.122. The van der Waals surface area contributed by atoms with Crippen LogP contribution < -0.4 is 10.2 Å². The van der Waals surface area contributed by atoms with Crippen molar-refractivity contribution in [2.24, 2.45) is 0 Å². The summed E-state index contributed by atoms with van der Waals surface area (Å²) in [6.07, 6.45) is 0.664. The van der Waals surface area contributed by atoms with Crippen molar-refractivity contribution in [3.8, 4) is 0 Å². The minimum Gasteiger partial charge on any atom is -0.396 e. The third kappa shape index (κ3) is 2.45. The maximum atomic E-state index is 11.9. The van der Waals surface area contributed by atoms with Gasteiger partial charge in [0.1, 0.15) is 6.54 Å². The fourth-order valence-corrected chi connectivity index (χ4v) is 1.82. The number of nitrogens with zero attached hydrogens (tertiary/aromatic N) is 1. The normalized spacial score (nSPS) is 14.2. The standard InChI is InChI=1S/C12H14N2O3/c15-7-3-6-12(17)14-8-11(16)13-9-4-1-2-5-10(9)14/h1-2,4-5,15H,3,6-8H2,(H,13,16). The highest BCUT2D eigenvalue weighted by Gasteiger charge is 2.25. The highest BCUT2D eigenvalue weighted by Crippen LogP contribution is 2.29. The lowest BCUT2D eigenvalue weighted by Crippen LogP contribution is -2.42. The molecule has 17 heavy (non-hydrogen) atoms. The fraction of sp³-hybridized carbons (Fsp3) is 0.333. The van der Waals surface area contributed by atoms with Gasteiger partial charge in [0, 0.05) is 13.0 Å². The van der Waals surface area contributed by atoms with Gasteiger partial charge < -0.3 is 15.3 Å². The van der Waals surface area contributed by atoms with Crippen LogP contribution in [0.2, 0.25) is 0 Å². The van der Waals surface area contributed by atoms with E-state index in [0.717, 1.165) is 5.69 Å². The second kappa shape index (κ2) is 4.97. The first-order valence-electron chi connectivity index (χ1n) is 5.52. The number of aliphatic hydroxyl groups is 1. The number of nitrogens with one attached hydrogen (secondary N) is 1. The number of anilines is 2. The Bertz CT molecular complexity index is 445. The maximum absolute atomic E-state index is 11.9. The van der Waals surface area contributed by atoms with Crippen LogP contribution in [0.1, 0.15) is 12.8 Å². The van der Waals surface area contributed by atoms with Crippen molar-refractivity contribution in [1.29, 1.82) is 0 Å². The summed E-state index contributed by atoms with van der Waals surface area (Å²) in [4.78, 5) is 24.8. The van der Waals surface area contributed by atoms with Crippen LogP contribution in [0.5, 0.6) is 0 Å². The molecule has 0 fully saturated rings. The van der Waals surface area contributed by atoms with Crippen LogP contribution in [0.4, 0.5) is 11.4 Å². The summed E-state index contributed by atoms with van der Waals surface area (Å²) in [5.74, 6) is -0.331. The van der Waals surface area contributed by atoms with Crippen molar-refractivity contribution in [3.05, 3.63) is 24.3 Å². The molecule has 90 valence electrons. The molecule has 2 amide bonds. The van der Waals surface area contributed by atoms with Gasteiger partial charge in [-0.15, -0.1) is 0 Å². The van der Waals surface area contributed by atoms with Gasteiger partial charge in [-0.1, -0.05) is 12.1 Å². The van der Waals surface area contributed by atoms with Gasteiger partial charge in [-0.3, -0.25) is 9.59 Å². The Hall–Kier alpha value is -1.88. The zero-order valence-corrected chi connectivity index (χ0v) is 9.35. The van der Waals surface area contributed by atoms with Gasteiger partial charge >= 0.3 is 0 Å². The Morgan fingerprint density at radius 1 is 1.41 bits per heavy atom. The topological polar surface area (TPSA) is 69.6 Å². The largest absolute Gasteiger partial charge is 0.396 e. The van der Waals surface area contributed by atoms with Gasteiger partial charge in [0.25, 0.3) is 0 Å². The van der Waals surface area contributed by atoms with Crippen molar-refractivity contribution in [1.82, 2.24) is 0 Å². The smallest absolute Gasteiger partial charge is 0.244 e. The summed E-state index contributed by atoms with van der Waals surface area (Å²) in [7, 11) is 0. The molecule has 0 aromatic heterocycles. The second-order valence-corrected chi connectivity index (χ2v) is 3.87. The number of amides is 2. The van der Waals surface area contributed by atoms with Gasteiger partial charge in [-0.05, 0) is 18.6 Å². The molecule has 0 saturated carbocycles.